The zero-order chi connectivity index (χ0) is 21.3. The van der Waals surface area contributed by atoms with E-state index in [9.17, 15) is 9.90 Å². The van der Waals surface area contributed by atoms with Gasteiger partial charge in [0.25, 0.3) is 0 Å². The minimum atomic E-state index is -0.925. The number of aromatic amines is 1. The van der Waals surface area contributed by atoms with Crippen molar-refractivity contribution >= 4 is 29.0 Å². The lowest BCUT2D eigenvalue weighted by Crippen LogP contribution is -2.16. The highest BCUT2D eigenvalue weighted by Gasteiger charge is 2.20. The Morgan fingerprint density at radius 3 is 2.43 bits per heavy atom. The van der Waals surface area contributed by atoms with Crippen LogP contribution in [0, 0.1) is 0 Å². The first-order chi connectivity index (χ1) is 14.3. The number of fused-ring (bicyclic) bond motifs is 1. The average Bonchev–Trinajstić information content (AvgIpc) is 3.14. The number of carbonyl (C=O) groups excluding carboxylic acids is 1. The fourth-order valence-electron chi connectivity index (χ4n) is 3.55. The van der Waals surface area contributed by atoms with Gasteiger partial charge in [-0.25, -0.2) is 4.98 Å². The normalized spacial score (nSPS) is 12.0. The molecule has 4 rings (SSSR count). The lowest BCUT2D eigenvalue weighted by molar-refractivity contribution is 0.0792. The van der Waals surface area contributed by atoms with Gasteiger partial charge in [-0.3, -0.25) is 4.79 Å². The molecule has 30 heavy (non-hydrogen) atoms. The highest BCUT2D eigenvalue weighted by atomic mass is 16.3. The summed E-state index contributed by atoms with van der Waals surface area (Å²) < 4.78 is 0. The van der Waals surface area contributed by atoms with Crippen LogP contribution < -0.4 is 0 Å². The topological polar surface area (TPSA) is 66.0 Å². The Balaban J connectivity index is 1.64. The molecule has 0 aliphatic heterocycles. The number of aromatic nitrogens is 2. The second-order valence-corrected chi connectivity index (χ2v) is 7.97. The fourth-order valence-corrected chi connectivity index (χ4v) is 3.55. The van der Waals surface area contributed by atoms with E-state index < -0.39 is 5.60 Å². The van der Waals surface area contributed by atoms with Crippen LogP contribution in [0.2, 0.25) is 0 Å². The Labute approximate surface area is 175 Å². The van der Waals surface area contributed by atoms with Gasteiger partial charge in [0, 0.05) is 5.56 Å². The maximum atomic E-state index is 11.4. The summed E-state index contributed by atoms with van der Waals surface area (Å²) in [5.41, 5.74) is 5.51. The number of Topliss-reactive ketones (excluding diaryl/α,β-unsaturated/α-hetero) is 1. The molecule has 4 heteroatoms. The van der Waals surface area contributed by atoms with E-state index in [-0.39, 0.29) is 5.78 Å². The molecule has 0 aliphatic carbocycles. The number of hydrogen-bond acceptors (Lipinski definition) is 3. The van der Waals surface area contributed by atoms with E-state index in [1.807, 2.05) is 72.8 Å². The Morgan fingerprint density at radius 2 is 1.73 bits per heavy atom. The fraction of sp³-hybridized carbons (Fsp3) is 0.154. The van der Waals surface area contributed by atoms with Crippen LogP contribution in [-0.2, 0) is 5.60 Å². The maximum Gasteiger partial charge on any atom is 0.159 e. The molecule has 0 atom stereocenters. The van der Waals surface area contributed by atoms with Crippen molar-refractivity contribution in [3.05, 3.63) is 89.2 Å². The molecule has 0 unspecified atom stereocenters. The number of aliphatic hydroxyl groups is 1. The number of nitrogens with one attached hydrogen (secondary N) is 1. The number of H-pyrrole nitrogens is 1. The van der Waals surface area contributed by atoms with Crippen molar-refractivity contribution in [2.75, 3.05) is 0 Å². The number of imidazole rings is 1. The summed E-state index contributed by atoms with van der Waals surface area (Å²) >= 11 is 0. The van der Waals surface area contributed by atoms with Crippen molar-refractivity contribution in [2.45, 2.75) is 26.4 Å². The Kier molecular flexibility index (Phi) is 5.10. The quantitative estimate of drug-likeness (QED) is 0.417. The molecule has 0 fully saturated rings. The molecule has 0 radical (unpaired) electrons. The minimum Gasteiger partial charge on any atom is -0.386 e. The van der Waals surface area contributed by atoms with Crippen molar-refractivity contribution in [3.8, 4) is 11.1 Å². The summed E-state index contributed by atoms with van der Waals surface area (Å²) in [4.78, 5) is 19.4. The van der Waals surface area contributed by atoms with Gasteiger partial charge in [0.1, 0.15) is 5.82 Å². The lowest BCUT2D eigenvalue weighted by atomic mass is 9.89. The zero-order valence-electron chi connectivity index (χ0n) is 17.3. The van der Waals surface area contributed by atoms with E-state index in [4.69, 9.17) is 0 Å². The first kappa shape index (κ1) is 19.8. The van der Waals surface area contributed by atoms with Crippen molar-refractivity contribution in [2.24, 2.45) is 0 Å². The monoisotopic (exact) mass is 396 g/mol. The molecule has 0 bridgehead atoms. The minimum absolute atomic E-state index is 0.0600. The van der Waals surface area contributed by atoms with Crippen molar-refractivity contribution < 1.29 is 9.90 Å². The number of carbonyl (C=O) groups is 1. The number of hydrogen-bond donors (Lipinski definition) is 2. The molecular formula is C26H24N2O2. The van der Waals surface area contributed by atoms with Crippen molar-refractivity contribution in [1.29, 1.82) is 0 Å². The molecule has 1 heterocycles. The highest BCUT2D eigenvalue weighted by molar-refractivity contribution is 5.94. The van der Waals surface area contributed by atoms with E-state index in [1.165, 1.54) is 0 Å². The molecule has 2 N–H and O–H groups in total. The predicted octanol–water partition coefficient (Wildman–Crippen LogP) is 5.83. The van der Waals surface area contributed by atoms with Crippen LogP contribution in [0.25, 0.3) is 34.3 Å². The molecule has 0 spiro atoms. The van der Waals surface area contributed by atoms with Crippen LogP contribution in [0.3, 0.4) is 0 Å². The molecule has 0 amide bonds. The summed E-state index contributed by atoms with van der Waals surface area (Å²) in [5, 5.41) is 10.5. The zero-order valence-corrected chi connectivity index (χ0v) is 17.3. The summed E-state index contributed by atoms with van der Waals surface area (Å²) in [6.45, 7) is 5.16. The largest absolute Gasteiger partial charge is 0.386 e. The van der Waals surface area contributed by atoms with Crippen LogP contribution in [-0.4, -0.2) is 20.9 Å². The van der Waals surface area contributed by atoms with Gasteiger partial charge in [-0.1, -0.05) is 60.7 Å². The highest BCUT2D eigenvalue weighted by Crippen LogP contribution is 2.32. The van der Waals surface area contributed by atoms with E-state index in [2.05, 4.69) is 16.0 Å². The molecule has 0 saturated heterocycles. The average molecular weight is 396 g/mol. The first-order valence-corrected chi connectivity index (χ1v) is 9.92. The van der Waals surface area contributed by atoms with E-state index >= 15 is 0 Å². The van der Waals surface area contributed by atoms with Gasteiger partial charge in [-0.2, -0.15) is 0 Å². The van der Waals surface area contributed by atoms with E-state index in [0.29, 0.717) is 5.56 Å². The van der Waals surface area contributed by atoms with E-state index in [1.54, 1.807) is 20.8 Å². The summed E-state index contributed by atoms with van der Waals surface area (Å²) in [6, 6.07) is 21.5. The smallest absolute Gasteiger partial charge is 0.159 e. The standard InChI is InChI=1S/C26H24N2O2/c1-17(29)19-11-8-18(9-12-19)10-15-25-27-23-14-13-20(16-24(23)28-25)21-6-4-5-7-22(21)26(2,3)30/h4-16,30H,1-3H3,(H,27,28). The third-order valence-electron chi connectivity index (χ3n) is 5.15. The van der Waals surface area contributed by atoms with E-state index in [0.717, 1.165) is 39.1 Å². The predicted molar refractivity (Wildman–Crippen MR) is 122 cm³/mol. The van der Waals surface area contributed by atoms with Gasteiger partial charge in [-0.05, 0) is 61.2 Å². The summed E-state index contributed by atoms with van der Waals surface area (Å²) in [6.07, 6.45) is 3.89. The van der Waals surface area contributed by atoms with Gasteiger partial charge in [-0.15, -0.1) is 0 Å². The Bertz CT molecular complexity index is 1240. The van der Waals surface area contributed by atoms with Gasteiger partial charge in [0.2, 0.25) is 0 Å². The van der Waals surface area contributed by atoms with Crippen molar-refractivity contribution in [3.63, 3.8) is 0 Å². The number of nitrogens with zero attached hydrogens (tertiary/aromatic N) is 1. The van der Waals surface area contributed by atoms with Crippen LogP contribution >= 0.6 is 0 Å². The van der Waals surface area contributed by atoms with Gasteiger partial charge < -0.3 is 10.1 Å². The van der Waals surface area contributed by atoms with Gasteiger partial charge >= 0.3 is 0 Å². The molecule has 4 nitrogen and oxygen atoms in total. The van der Waals surface area contributed by atoms with Crippen LogP contribution in [0.15, 0.2) is 66.7 Å². The van der Waals surface area contributed by atoms with Crippen LogP contribution in [0.1, 0.15) is 48.1 Å². The number of ketones is 1. The van der Waals surface area contributed by atoms with Gasteiger partial charge in [0.15, 0.2) is 5.78 Å². The van der Waals surface area contributed by atoms with Gasteiger partial charge in [0.05, 0.1) is 16.6 Å². The first-order valence-electron chi connectivity index (χ1n) is 9.92. The molecule has 0 aliphatic rings. The van der Waals surface area contributed by atoms with Crippen molar-refractivity contribution in [1.82, 2.24) is 9.97 Å². The van der Waals surface area contributed by atoms with Crippen LogP contribution in [0.5, 0.6) is 0 Å². The third-order valence-corrected chi connectivity index (χ3v) is 5.15. The third kappa shape index (κ3) is 4.09. The SMILES string of the molecule is CC(=O)c1ccc(C=Cc2nc3ccc(-c4ccccc4C(C)(C)O)cc3[nH]2)cc1. The lowest BCUT2D eigenvalue weighted by Gasteiger charge is -2.21. The number of rotatable bonds is 5. The molecular weight excluding hydrogens is 372 g/mol. The number of benzene rings is 3. The molecule has 3 aromatic carbocycles. The second-order valence-electron chi connectivity index (χ2n) is 7.97. The molecule has 4 aromatic rings. The molecule has 1 aromatic heterocycles. The Morgan fingerprint density at radius 1 is 1.00 bits per heavy atom. The Hall–Kier alpha value is -3.50. The van der Waals surface area contributed by atoms with Crippen LogP contribution in [0.4, 0.5) is 0 Å². The summed E-state index contributed by atoms with van der Waals surface area (Å²) in [7, 11) is 0. The molecule has 0 saturated carbocycles. The maximum absolute atomic E-state index is 11.4. The molecule has 150 valence electrons. The summed E-state index contributed by atoms with van der Waals surface area (Å²) in [5.74, 6) is 0.818. The second kappa shape index (κ2) is 7.73.